The van der Waals surface area contributed by atoms with Crippen LogP contribution in [0.3, 0.4) is 0 Å². The Hall–Kier alpha value is -2.68. The van der Waals surface area contributed by atoms with E-state index in [0.717, 1.165) is 12.1 Å². The highest BCUT2D eigenvalue weighted by molar-refractivity contribution is 5.59. The van der Waals surface area contributed by atoms with Gasteiger partial charge in [-0.3, -0.25) is 0 Å². The Balaban J connectivity index is 1.65. The van der Waals surface area contributed by atoms with Crippen LogP contribution in [0.4, 0.5) is 18.9 Å². The molecular weight excluding hydrogens is 317 g/mol. The molecular formula is C18H15F3N2O. The van der Waals surface area contributed by atoms with E-state index in [4.69, 9.17) is 10.00 Å². The molecule has 0 aliphatic carbocycles. The van der Waals surface area contributed by atoms with Crippen molar-refractivity contribution in [2.45, 2.75) is 18.9 Å². The van der Waals surface area contributed by atoms with Crippen molar-refractivity contribution in [2.24, 2.45) is 0 Å². The summed E-state index contributed by atoms with van der Waals surface area (Å²) in [6.45, 7) is 1.21. The minimum atomic E-state index is -0.720. The Kier molecular flexibility index (Phi) is 4.61. The molecule has 3 rings (SSSR count). The van der Waals surface area contributed by atoms with Gasteiger partial charge in [0.2, 0.25) is 0 Å². The predicted molar refractivity (Wildman–Crippen MR) is 83.3 cm³/mol. The van der Waals surface area contributed by atoms with E-state index < -0.39 is 17.5 Å². The molecule has 0 saturated carbocycles. The van der Waals surface area contributed by atoms with E-state index in [2.05, 4.69) is 0 Å². The van der Waals surface area contributed by atoms with Gasteiger partial charge in [0.1, 0.15) is 23.8 Å². The zero-order chi connectivity index (χ0) is 17.1. The standard InChI is InChI=1S/C18H15F3N2O/c19-13-1-3-17(12(9-13)11-22)23-7-5-15(6-8-23)24-18-4-2-14(20)10-16(18)21/h1-4,9-10,15H,5-8H2. The summed E-state index contributed by atoms with van der Waals surface area (Å²) < 4.78 is 45.4. The van der Waals surface area contributed by atoms with Crippen LogP contribution in [0, 0.1) is 28.8 Å². The van der Waals surface area contributed by atoms with E-state index in [1.807, 2.05) is 11.0 Å². The second-order valence-electron chi connectivity index (χ2n) is 5.65. The van der Waals surface area contributed by atoms with Crippen molar-refractivity contribution in [1.29, 1.82) is 5.26 Å². The topological polar surface area (TPSA) is 36.3 Å². The van der Waals surface area contributed by atoms with Crippen LogP contribution in [-0.4, -0.2) is 19.2 Å². The van der Waals surface area contributed by atoms with Gasteiger partial charge < -0.3 is 9.64 Å². The number of nitrogens with zero attached hydrogens (tertiary/aromatic N) is 2. The first-order chi connectivity index (χ1) is 11.6. The summed E-state index contributed by atoms with van der Waals surface area (Å²) in [5, 5.41) is 9.13. The summed E-state index contributed by atoms with van der Waals surface area (Å²) in [5.74, 6) is -1.77. The summed E-state index contributed by atoms with van der Waals surface area (Å²) in [4.78, 5) is 1.98. The molecule has 2 aromatic carbocycles. The molecule has 1 saturated heterocycles. The maximum absolute atomic E-state index is 13.6. The second kappa shape index (κ2) is 6.83. The van der Waals surface area contributed by atoms with Crippen molar-refractivity contribution in [3.8, 4) is 11.8 Å². The zero-order valence-electron chi connectivity index (χ0n) is 12.8. The van der Waals surface area contributed by atoms with E-state index in [9.17, 15) is 13.2 Å². The fourth-order valence-corrected chi connectivity index (χ4v) is 2.84. The molecule has 3 nitrogen and oxygen atoms in total. The Morgan fingerprint density at radius 2 is 1.67 bits per heavy atom. The van der Waals surface area contributed by atoms with Crippen LogP contribution < -0.4 is 9.64 Å². The Morgan fingerprint density at radius 3 is 2.33 bits per heavy atom. The minimum Gasteiger partial charge on any atom is -0.487 e. The number of nitriles is 1. The summed E-state index contributed by atoms with van der Waals surface area (Å²) in [5.41, 5.74) is 0.976. The predicted octanol–water partition coefficient (Wildman–Crippen LogP) is 4.02. The normalized spacial score (nSPS) is 15.2. The average Bonchev–Trinajstić information content (AvgIpc) is 2.58. The highest BCUT2D eigenvalue weighted by Gasteiger charge is 2.23. The van der Waals surface area contributed by atoms with Crippen molar-refractivity contribution in [3.63, 3.8) is 0 Å². The van der Waals surface area contributed by atoms with Crippen molar-refractivity contribution in [3.05, 3.63) is 59.4 Å². The van der Waals surface area contributed by atoms with Crippen molar-refractivity contribution < 1.29 is 17.9 Å². The average molecular weight is 332 g/mol. The largest absolute Gasteiger partial charge is 0.487 e. The van der Waals surface area contributed by atoms with Gasteiger partial charge in [0.15, 0.2) is 11.6 Å². The molecule has 0 aromatic heterocycles. The lowest BCUT2D eigenvalue weighted by Crippen LogP contribution is -2.38. The fourth-order valence-electron chi connectivity index (χ4n) is 2.84. The van der Waals surface area contributed by atoms with Gasteiger partial charge in [0.25, 0.3) is 0 Å². The smallest absolute Gasteiger partial charge is 0.167 e. The third-order valence-corrected chi connectivity index (χ3v) is 4.05. The van der Waals surface area contributed by atoms with Gasteiger partial charge in [-0.15, -0.1) is 0 Å². The Morgan fingerprint density at radius 1 is 1.00 bits per heavy atom. The van der Waals surface area contributed by atoms with Gasteiger partial charge >= 0.3 is 0 Å². The molecule has 124 valence electrons. The molecule has 2 aromatic rings. The number of halogens is 3. The number of benzene rings is 2. The van der Waals surface area contributed by atoms with Crippen LogP contribution in [-0.2, 0) is 0 Å². The zero-order valence-corrected chi connectivity index (χ0v) is 12.8. The van der Waals surface area contributed by atoms with Crippen LogP contribution in [0.15, 0.2) is 36.4 Å². The SMILES string of the molecule is N#Cc1cc(F)ccc1N1CCC(Oc2ccc(F)cc2F)CC1. The summed E-state index contributed by atoms with van der Waals surface area (Å²) in [6, 6.07) is 9.37. The minimum absolute atomic E-state index is 0.0364. The first-order valence-corrected chi connectivity index (χ1v) is 7.63. The monoisotopic (exact) mass is 332 g/mol. The fraction of sp³-hybridized carbons (Fsp3) is 0.278. The summed E-state index contributed by atoms with van der Waals surface area (Å²) >= 11 is 0. The van der Waals surface area contributed by atoms with Crippen molar-refractivity contribution in [1.82, 2.24) is 0 Å². The molecule has 0 radical (unpaired) electrons. The first kappa shape index (κ1) is 16.2. The lowest BCUT2D eigenvalue weighted by molar-refractivity contribution is 0.163. The second-order valence-corrected chi connectivity index (χ2v) is 5.65. The van der Waals surface area contributed by atoms with Crippen LogP contribution in [0.1, 0.15) is 18.4 Å². The summed E-state index contributed by atoms with van der Waals surface area (Å²) in [7, 11) is 0. The van der Waals surface area contributed by atoms with E-state index in [1.165, 1.54) is 18.2 Å². The van der Waals surface area contributed by atoms with Crippen LogP contribution in [0.25, 0.3) is 0 Å². The third kappa shape index (κ3) is 3.46. The number of piperidine rings is 1. The molecule has 0 bridgehead atoms. The Labute approximate surface area is 137 Å². The number of hydrogen-bond donors (Lipinski definition) is 0. The number of hydrogen-bond acceptors (Lipinski definition) is 3. The maximum Gasteiger partial charge on any atom is 0.167 e. The lowest BCUT2D eigenvalue weighted by atomic mass is 10.0. The van der Waals surface area contributed by atoms with Gasteiger partial charge in [-0.1, -0.05) is 0 Å². The van der Waals surface area contributed by atoms with Gasteiger partial charge in [-0.25, -0.2) is 13.2 Å². The van der Waals surface area contributed by atoms with E-state index >= 15 is 0 Å². The number of rotatable bonds is 3. The van der Waals surface area contributed by atoms with Crippen molar-refractivity contribution >= 4 is 5.69 Å². The van der Waals surface area contributed by atoms with E-state index in [-0.39, 0.29) is 11.9 Å². The molecule has 1 fully saturated rings. The number of anilines is 1. The molecule has 6 heteroatoms. The van der Waals surface area contributed by atoms with Crippen molar-refractivity contribution in [2.75, 3.05) is 18.0 Å². The van der Waals surface area contributed by atoms with E-state index in [1.54, 1.807) is 6.07 Å². The molecule has 24 heavy (non-hydrogen) atoms. The Bertz CT molecular complexity index is 780. The summed E-state index contributed by atoms with van der Waals surface area (Å²) in [6.07, 6.45) is 1.06. The highest BCUT2D eigenvalue weighted by atomic mass is 19.1. The molecule has 0 unspecified atom stereocenters. The highest BCUT2D eigenvalue weighted by Crippen LogP contribution is 2.27. The molecule has 1 aliphatic heterocycles. The number of ether oxygens (including phenoxy) is 1. The quantitative estimate of drug-likeness (QED) is 0.852. The molecule has 0 atom stereocenters. The third-order valence-electron chi connectivity index (χ3n) is 4.05. The molecule has 1 heterocycles. The molecule has 0 amide bonds. The van der Waals surface area contributed by atoms with Gasteiger partial charge in [0, 0.05) is 32.0 Å². The van der Waals surface area contributed by atoms with Gasteiger partial charge in [0.05, 0.1) is 11.3 Å². The molecule has 1 aliphatic rings. The van der Waals surface area contributed by atoms with Gasteiger partial charge in [-0.05, 0) is 30.3 Å². The van der Waals surface area contributed by atoms with Crippen LogP contribution in [0.2, 0.25) is 0 Å². The molecule has 0 N–H and O–H groups in total. The lowest BCUT2D eigenvalue weighted by Gasteiger charge is -2.34. The van der Waals surface area contributed by atoms with Crippen LogP contribution in [0.5, 0.6) is 5.75 Å². The maximum atomic E-state index is 13.6. The van der Waals surface area contributed by atoms with E-state index in [0.29, 0.717) is 37.2 Å². The van der Waals surface area contributed by atoms with Crippen LogP contribution >= 0.6 is 0 Å². The van der Waals surface area contributed by atoms with Gasteiger partial charge in [-0.2, -0.15) is 5.26 Å². The molecule has 0 spiro atoms. The first-order valence-electron chi connectivity index (χ1n) is 7.63.